The third kappa shape index (κ3) is 4.24. The molecule has 0 aliphatic carbocycles. The molecule has 0 bridgehead atoms. The molecule has 0 unspecified atom stereocenters. The second-order valence-electron chi connectivity index (χ2n) is 6.74. The van der Waals surface area contributed by atoms with Crippen molar-refractivity contribution in [3.8, 4) is 0 Å². The Hall–Kier alpha value is -2.14. The Morgan fingerprint density at radius 1 is 1.15 bits per heavy atom. The van der Waals surface area contributed by atoms with Gasteiger partial charge in [-0.05, 0) is 69.7 Å². The van der Waals surface area contributed by atoms with Gasteiger partial charge < -0.3 is 15.1 Å². The molecule has 0 spiro atoms. The lowest BCUT2D eigenvalue weighted by molar-refractivity contribution is 0.102. The normalized spacial score (nSPS) is 13.3. The molecule has 27 heavy (non-hydrogen) atoms. The third-order valence-corrected chi connectivity index (χ3v) is 6.19. The molecule has 2 aromatic carbocycles. The molecule has 0 radical (unpaired) electrons. The van der Waals surface area contributed by atoms with Crippen molar-refractivity contribution in [2.75, 3.05) is 47.0 Å². The molecule has 4 nitrogen and oxygen atoms in total. The van der Waals surface area contributed by atoms with Crippen molar-refractivity contribution in [2.45, 2.75) is 32.6 Å². The van der Waals surface area contributed by atoms with Crippen LogP contribution in [-0.2, 0) is 0 Å². The molecule has 0 aromatic heterocycles. The van der Waals surface area contributed by atoms with Crippen molar-refractivity contribution < 1.29 is 4.79 Å². The van der Waals surface area contributed by atoms with Crippen LogP contribution in [0.4, 0.5) is 17.1 Å². The van der Waals surface area contributed by atoms with Crippen molar-refractivity contribution in [3.63, 3.8) is 0 Å². The number of thioether (sulfide) groups is 1. The van der Waals surface area contributed by atoms with E-state index in [0.717, 1.165) is 43.2 Å². The minimum absolute atomic E-state index is 0.0527. The summed E-state index contributed by atoms with van der Waals surface area (Å²) in [6.45, 7) is 12.5. The van der Waals surface area contributed by atoms with Crippen molar-refractivity contribution in [3.05, 3.63) is 47.5 Å². The lowest BCUT2D eigenvalue weighted by atomic mass is 10.1. The lowest BCUT2D eigenvalue weighted by Crippen LogP contribution is -2.29. The molecule has 5 heteroatoms. The summed E-state index contributed by atoms with van der Waals surface area (Å²) in [5.74, 6) is 1.05. The summed E-state index contributed by atoms with van der Waals surface area (Å²) in [6, 6.07) is 12.3. The van der Waals surface area contributed by atoms with Crippen molar-refractivity contribution in [2.24, 2.45) is 0 Å². The van der Waals surface area contributed by atoms with Gasteiger partial charge in [0.25, 0.3) is 5.91 Å². The number of nitrogens with zero attached hydrogens (tertiary/aromatic N) is 2. The first-order valence-corrected chi connectivity index (χ1v) is 10.7. The predicted molar refractivity (Wildman–Crippen MR) is 118 cm³/mol. The van der Waals surface area contributed by atoms with Gasteiger partial charge in [0.05, 0.1) is 5.69 Å². The summed E-state index contributed by atoms with van der Waals surface area (Å²) in [5, 5.41) is 3.09. The van der Waals surface area contributed by atoms with E-state index >= 15 is 0 Å². The standard InChI is InChI=1S/C22H29N3OS/c1-5-24(6-2)18-9-10-19(16(4)14-18)23-22(26)17-8-11-21-20(15-17)25(7-3)12-13-27-21/h8-11,14-15H,5-7,12-13H2,1-4H3,(H,23,26). The van der Waals surface area contributed by atoms with Crippen LogP contribution < -0.4 is 15.1 Å². The van der Waals surface area contributed by atoms with Gasteiger partial charge in [0.15, 0.2) is 0 Å². The largest absolute Gasteiger partial charge is 0.372 e. The molecule has 1 heterocycles. The van der Waals surface area contributed by atoms with E-state index in [-0.39, 0.29) is 5.91 Å². The zero-order valence-corrected chi connectivity index (χ0v) is 17.5. The molecular weight excluding hydrogens is 354 g/mol. The smallest absolute Gasteiger partial charge is 0.255 e. The highest BCUT2D eigenvalue weighted by Crippen LogP contribution is 2.35. The van der Waals surface area contributed by atoms with Gasteiger partial charge in [-0.25, -0.2) is 0 Å². The Morgan fingerprint density at radius 2 is 1.93 bits per heavy atom. The fourth-order valence-corrected chi connectivity index (χ4v) is 4.54. The van der Waals surface area contributed by atoms with Gasteiger partial charge in [-0.3, -0.25) is 4.79 Å². The Balaban J connectivity index is 1.80. The molecular formula is C22H29N3OS. The van der Waals surface area contributed by atoms with Gasteiger partial charge in [0, 0.05) is 53.8 Å². The van der Waals surface area contributed by atoms with Crippen LogP contribution in [0, 0.1) is 6.92 Å². The molecule has 1 amide bonds. The number of benzene rings is 2. The molecule has 1 N–H and O–H groups in total. The maximum absolute atomic E-state index is 12.8. The monoisotopic (exact) mass is 383 g/mol. The number of hydrogen-bond acceptors (Lipinski definition) is 4. The quantitative estimate of drug-likeness (QED) is 0.759. The van der Waals surface area contributed by atoms with Crippen LogP contribution >= 0.6 is 11.8 Å². The van der Waals surface area contributed by atoms with Crippen molar-refractivity contribution >= 4 is 34.7 Å². The Bertz CT molecular complexity index is 817. The predicted octanol–water partition coefficient (Wildman–Crippen LogP) is 5.03. The number of nitrogens with one attached hydrogen (secondary N) is 1. The van der Waals surface area contributed by atoms with E-state index in [9.17, 15) is 4.79 Å². The number of carbonyl (C=O) groups is 1. The zero-order chi connectivity index (χ0) is 19.4. The molecule has 0 atom stereocenters. The number of carbonyl (C=O) groups excluding carboxylic acids is 1. The molecule has 1 aliphatic heterocycles. The summed E-state index contributed by atoms with van der Waals surface area (Å²) in [4.78, 5) is 18.7. The van der Waals surface area contributed by atoms with E-state index < -0.39 is 0 Å². The molecule has 2 aromatic rings. The average Bonchev–Trinajstić information content (AvgIpc) is 2.69. The van der Waals surface area contributed by atoms with Crippen molar-refractivity contribution in [1.29, 1.82) is 0 Å². The topological polar surface area (TPSA) is 35.6 Å². The number of hydrogen-bond donors (Lipinski definition) is 1. The minimum atomic E-state index is -0.0527. The minimum Gasteiger partial charge on any atom is -0.372 e. The first kappa shape index (κ1) is 19.6. The van der Waals surface area contributed by atoms with Gasteiger partial charge in [-0.15, -0.1) is 11.8 Å². The van der Waals surface area contributed by atoms with Crippen LogP contribution in [0.25, 0.3) is 0 Å². The maximum atomic E-state index is 12.8. The van der Waals surface area contributed by atoms with Crippen LogP contribution in [0.3, 0.4) is 0 Å². The lowest BCUT2D eigenvalue weighted by Gasteiger charge is -2.30. The van der Waals surface area contributed by atoms with Crippen LogP contribution in [0.5, 0.6) is 0 Å². The van der Waals surface area contributed by atoms with E-state index in [1.165, 1.54) is 16.3 Å². The summed E-state index contributed by atoms with van der Waals surface area (Å²) in [5.41, 5.74) is 5.03. The van der Waals surface area contributed by atoms with Crippen molar-refractivity contribution in [1.82, 2.24) is 0 Å². The van der Waals surface area contributed by atoms with Crippen LogP contribution in [-0.4, -0.2) is 37.8 Å². The first-order valence-electron chi connectivity index (χ1n) is 9.76. The molecule has 0 fully saturated rings. The SMILES string of the molecule is CCN(CC)c1ccc(NC(=O)c2ccc3c(c2)N(CC)CCS3)c(C)c1. The summed E-state index contributed by atoms with van der Waals surface area (Å²) in [7, 11) is 0. The van der Waals surface area contributed by atoms with Gasteiger partial charge in [-0.2, -0.15) is 0 Å². The van der Waals surface area contributed by atoms with E-state index in [1.54, 1.807) is 0 Å². The number of aryl methyl sites for hydroxylation is 1. The van der Waals surface area contributed by atoms with Gasteiger partial charge in [0.1, 0.15) is 0 Å². The summed E-state index contributed by atoms with van der Waals surface area (Å²) in [6.07, 6.45) is 0. The number of anilines is 3. The molecule has 0 saturated heterocycles. The van der Waals surface area contributed by atoms with E-state index in [0.29, 0.717) is 5.56 Å². The molecule has 0 saturated carbocycles. The average molecular weight is 384 g/mol. The first-order chi connectivity index (χ1) is 13.1. The van der Waals surface area contributed by atoms with Crippen LogP contribution in [0.15, 0.2) is 41.3 Å². The fraction of sp³-hybridized carbons (Fsp3) is 0.409. The zero-order valence-electron chi connectivity index (χ0n) is 16.7. The molecule has 3 rings (SSSR count). The second kappa shape index (κ2) is 8.70. The Kier molecular flexibility index (Phi) is 6.32. The summed E-state index contributed by atoms with van der Waals surface area (Å²) < 4.78 is 0. The van der Waals surface area contributed by atoms with Crippen LogP contribution in [0.1, 0.15) is 36.7 Å². The Labute approximate surface area is 166 Å². The van der Waals surface area contributed by atoms with E-state index in [4.69, 9.17) is 0 Å². The van der Waals surface area contributed by atoms with Gasteiger partial charge >= 0.3 is 0 Å². The number of rotatable bonds is 6. The highest BCUT2D eigenvalue weighted by Gasteiger charge is 2.18. The highest BCUT2D eigenvalue weighted by atomic mass is 32.2. The van der Waals surface area contributed by atoms with Crippen LogP contribution in [0.2, 0.25) is 0 Å². The molecule has 144 valence electrons. The fourth-order valence-electron chi connectivity index (χ4n) is 3.51. The summed E-state index contributed by atoms with van der Waals surface area (Å²) >= 11 is 1.87. The van der Waals surface area contributed by atoms with Gasteiger partial charge in [0.2, 0.25) is 0 Å². The molecule has 1 aliphatic rings. The van der Waals surface area contributed by atoms with E-state index in [2.05, 4.69) is 54.1 Å². The maximum Gasteiger partial charge on any atom is 0.255 e. The second-order valence-corrected chi connectivity index (χ2v) is 7.87. The van der Waals surface area contributed by atoms with E-state index in [1.807, 2.05) is 36.9 Å². The number of amides is 1. The third-order valence-electron chi connectivity index (χ3n) is 5.15. The number of fused-ring (bicyclic) bond motifs is 1. The highest BCUT2D eigenvalue weighted by molar-refractivity contribution is 7.99. The van der Waals surface area contributed by atoms with Gasteiger partial charge in [-0.1, -0.05) is 0 Å². The Morgan fingerprint density at radius 3 is 2.59 bits per heavy atom.